The molecule has 2 N–H and O–H groups in total. The summed E-state index contributed by atoms with van der Waals surface area (Å²) in [5, 5.41) is 0. The van der Waals surface area contributed by atoms with Crippen LogP contribution >= 0.6 is 0 Å². The normalized spacial score (nSPS) is 12.9. The van der Waals surface area contributed by atoms with Crippen LogP contribution in [0.4, 0.5) is 8.78 Å². The number of hydrogen-bond acceptors (Lipinski definition) is 2. The summed E-state index contributed by atoms with van der Waals surface area (Å²) in [7, 11) is 0. The molecule has 0 aliphatic carbocycles. The van der Waals surface area contributed by atoms with Crippen molar-refractivity contribution in [2.75, 3.05) is 6.67 Å². The lowest BCUT2D eigenvalue weighted by molar-refractivity contribution is 0.432. The number of nitrogens with zero attached hydrogens (tertiary/aromatic N) is 1. The highest BCUT2D eigenvalue weighted by molar-refractivity contribution is 5.14. The maximum absolute atomic E-state index is 12.8. The summed E-state index contributed by atoms with van der Waals surface area (Å²) >= 11 is 0. The summed E-state index contributed by atoms with van der Waals surface area (Å²) in [4.78, 5) is 3.41. The Morgan fingerprint density at radius 2 is 2.33 bits per heavy atom. The van der Waals surface area contributed by atoms with Crippen molar-refractivity contribution in [3.05, 3.63) is 29.8 Å². The van der Waals surface area contributed by atoms with Crippen LogP contribution in [0.2, 0.25) is 0 Å². The SMILES string of the molecule is N[C@H](CCF)c1cccnc1F. The molecule has 0 aliphatic rings. The van der Waals surface area contributed by atoms with E-state index >= 15 is 0 Å². The van der Waals surface area contributed by atoms with Gasteiger partial charge in [-0.1, -0.05) is 6.07 Å². The van der Waals surface area contributed by atoms with Gasteiger partial charge in [0.1, 0.15) is 0 Å². The fourth-order valence-electron chi connectivity index (χ4n) is 0.948. The monoisotopic (exact) mass is 172 g/mol. The first-order valence-corrected chi connectivity index (χ1v) is 3.67. The molecule has 2 nitrogen and oxygen atoms in total. The van der Waals surface area contributed by atoms with Crippen molar-refractivity contribution in [1.29, 1.82) is 0 Å². The predicted molar refractivity (Wildman–Crippen MR) is 41.7 cm³/mol. The van der Waals surface area contributed by atoms with Crippen molar-refractivity contribution in [2.24, 2.45) is 5.73 Å². The lowest BCUT2D eigenvalue weighted by Gasteiger charge is -2.08. The Bertz CT molecular complexity index is 253. The number of pyridine rings is 1. The summed E-state index contributed by atoms with van der Waals surface area (Å²) in [6, 6.07) is 2.50. The summed E-state index contributed by atoms with van der Waals surface area (Å²) in [6.45, 7) is -0.546. The van der Waals surface area contributed by atoms with E-state index in [9.17, 15) is 8.78 Å². The van der Waals surface area contributed by atoms with Gasteiger partial charge in [-0.25, -0.2) is 4.98 Å². The first-order valence-electron chi connectivity index (χ1n) is 3.67. The maximum Gasteiger partial charge on any atom is 0.217 e. The zero-order valence-electron chi connectivity index (χ0n) is 6.50. The minimum absolute atomic E-state index is 0.128. The van der Waals surface area contributed by atoms with Crippen LogP contribution in [0.25, 0.3) is 0 Å². The Kier molecular flexibility index (Phi) is 3.10. The van der Waals surface area contributed by atoms with Crippen molar-refractivity contribution in [3.63, 3.8) is 0 Å². The van der Waals surface area contributed by atoms with E-state index in [1.54, 1.807) is 6.07 Å². The first kappa shape index (κ1) is 9.06. The molecule has 12 heavy (non-hydrogen) atoms. The van der Waals surface area contributed by atoms with E-state index in [0.717, 1.165) is 0 Å². The number of hydrogen-bond donors (Lipinski definition) is 1. The largest absolute Gasteiger partial charge is 0.324 e. The molecule has 1 rings (SSSR count). The predicted octanol–water partition coefficient (Wildman–Crippen LogP) is 1.58. The third-order valence-corrected chi connectivity index (χ3v) is 1.61. The molecule has 0 radical (unpaired) electrons. The number of alkyl halides is 1. The molecule has 1 aromatic rings. The second-order valence-electron chi connectivity index (χ2n) is 2.47. The number of halogens is 2. The van der Waals surface area contributed by atoms with Gasteiger partial charge < -0.3 is 5.73 Å². The third-order valence-electron chi connectivity index (χ3n) is 1.61. The molecule has 1 aromatic heterocycles. The van der Waals surface area contributed by atoms with Crippen molar-refractivity contribution in [3.8, 4) is 0 Å². The Labute approximate surface area is 69.4 Å². The van der Waals surface area contributed by atoms with Gasteiger partial charge in [-0.15, -0.1) is 0 Å². The lowest BCUT2D eigenvalue weighted by atomic mass is 10.1. The Morgan fingerprint density at radius 1 is 1.58 bits per heavy atom. The zero-order valence-corrected chi connectivity index (χ0v) is 6.50. The van der Waals surface area contributed by atoms with Gasteiger partial charge in [0.15, 0.2) is 0 Å². The van der Waals surface area contributed by atoms with Crippen molar-refractivity contribution >= 4 is 0 Å². The highest BCUT2D eigenvalue weighted by Crippen LogP contribution is 2.15. The van der Waals surface area contributed by atoms with E-state index in [-0.39, 0.29) is 12.0 Å². The number of aromatic nitrogens is 1. The average Bonchev–Trinajstić information content (AvgIpc) is 2.05. The van der Waals surface area contributed by atoms with Crippen LogP contribution in [-0.4, -0.2) is 11.7 Å². The van der Waals surface area contributed by atoms with Gasteiger partial charge >= 0.3 is 0 Å². The van der Waals surface area contributed by atoms with Gasteiger partial charge in [-0.05, 0) is 12.5 Å². The molecule has 1 heterocycles. The van der Waals surface area contributed by atoms with E-state index in [0.29, 0.717) is 0 Å². The molecular formula is C8H10F2N2. The third kappa shape index (κ3) is 1.98. The molecule has 0 unspecified atom stereocenters. The minimum atomic E-state index is -0.613. The van der Waals surface area contributed by atoms with Gasteiger partial charge in [-0.2, -0.15) is 4.39 Å². The fourth-order valence-corrected chi connectivity index (χ4v) is 0.948. The molecule has 66 valence electrons. The number of rotatable bonds is 3. The van der Waals surface area contributed by atoms with Crippen LogP contribution in [0.3, 0.4) is 0 Å². The van der Waals surface area contributed by atoms with Gasteiger partial charge in [0.25, 0.3) is 0 Å². The summed E-state index contributed by atoms with van der Waals surface area (Å²) in [5.74, 6) is -0.613. The lowest BCUT2D eigenvalue weighted by Crippen LogP contribution is -2.13. The van der Waals surface area contributed by atoms with E-state index in [1.165, 1.54) is 12.3 Å². The maximum atomic E-state index is 12.8. The Hall–Kier alpha value is -1.03. The molecule has 0 saturated heterocycles. The second kappa shape index (κ2) is 4.11. The Morgan fingerprint density at radius 3 is 2.92 bits per heavy atom. The van der Waals surface area contributed by atoms with Gasteiger partial charge in [-0.3, -0.25) is 4.39 Å². The highest BCUT2D eigenvalue weighted by Gasteiger charge is 2.10. The van der Waals surface area contributed by atoms with Crippen LogP contribution in [0.5, 0.6) is 0 Å². The molecular weight excluding hydrogens is 162 g/mol. The van der Waals surface area contributed by atoms with Crippen LogP contribution in [0.1, 0.15) is 18.0 Å². The molecule has 0 amide bonds. The molecule has 0 saturated carbocycles. The van der Waals surface area contributed by atoms with Crippen molar-refractivity contribution in [2.45, 2.75) is 12.5 Å². The first-order chi connectivity index (χ1) is 5.75. The van der Waals surface area contributed by atoms with Gasteiger partial charge in [0.2, 0.25) is 5.95 Å². The summed E-state index contributed by atoms with van der Waals surface area (Å²) < 4.78 is 24.7. The fraction of sp³-hybridized carbons (Fsp3) is 0.375. The van der Waals surface area contributed by atoms with Crippen LogP contribution in [0.15, 0.2) is 18.3 Å². The van der Waals surface area contributed by atoms with E-state index < -0.39 is 18.7 Å². The van der Waals surface area contributed by atoms with Crippen LogP contribution in [0, 0.1) is 5.95 Å². The topological polar surface area (TPSA) is 38.9 Å². The Balaban J connectivity index is 2.79. The summed E-state index contributed by atoms with van der Waals surface area (Å²) in [5.41, 5.74) is 5.76. The zero-order chi connectivity index (χ0) is 8.97. The van der Waals surface area contributed by atoms with Crippen molar-refractivity contribution < 1.29 is 8.78 Å². The van der Waals surface area contributed by atoms with E-state index in [4.69, 9.17) is 5.73 Å². The van der Waals surface area contributed by atoms with Crippen LogP contribution in [-0.2, 0) is 0 Å². The number of nitrogens with two attached hydrogens (primary N) is 1. The quantitative estimate of drug-likeness (QED) is 0.703. The highest BCUT2D eigenvalue weighted by atomic mass is 19.1. The molecule has 0 bridgehead atoms. The van der Waals surface area contributed by atoms with Crippen LogP contribution < -0.4 is 5.73 Å². The summed E-state index contributed by atoms with van der Waals surface area (Å²) in [6.07, 6.45) is 1.46. The van der Waals surface area contributed by atoms with Gasteiger partial charge in [0, 0.05) is 17.8 Å². The molecule has 1 atom stereocenters. The molecule has 0 aromatic carbocycles. The standard InChI is InChI=1S/C8H10F2N2/c9-4-3-7(11)6-2-1-5-12-8(6)10/h1-2,5,7H,3-4,11H2/t7-/m1/s1. The van der Waals surface area contributed by atoms with Gasteiger partial charge in [0.05, 0.1) is 6.67 Å². The van der Waals surface area contributed by atoms with Crippen molar-refractivity contribution in [1.82, 2.24) is 4.98 Å². The molecule has 0 aliphatic heterocycles. The smallest absolute Gasteiger partial charge is 0.217 e. The molecule has 0 spiro atoms. The molecule has 4 heteroatoms. The second-order valence-corrected chi connectivity index (χ2v) is 2.47. The molecule has 0 fully saturated rings. The van der Waals surface area contributed by atoms with E-state index in [2.05, 4.69) is 4.98 Å². The van der Waals surface area contributed by atoms with E-state index in [1.807, 2.05) is 0 Å². The average molecular weight is 172 g/mol. The minimum Gasteiger partial charge on any atom is -0.324 e.